The van der Waals surface area contributed by atoms with Gasteiger partial charge < -0.3 is 19.8 Å². The van der Waals surface area contributed by atoms with Gasteiger partial charge >= 0.3 is 0 Å². The average molecular weight is 376 g/mol. The van der Waals surface area contributed by atoms with Crippen molar-refractivity contribution in [3.05, 3.63) is 54.2 Å². The lowest BCUT2D eigenvalue weighted by atomic mass is 10.2. The number of hydrogen-bond donors (Lipinski definition) is 2. The molecule has 0 aliphatic heterocycles. The molecule has 2 aromatic rings. The number of nitrogens with zero attached hydrogens (tertiary/aromatic N) is 2. The van der Waals surface area contributed by atoms with Gasteiger partial charge in [0.05, 0.1) is 25.4 Å². The monoisotopic (exact) mass is 376 g/mol. The van der Waals surface area contributed by atoms with Gasteiger partial charge in [0.1, 0.15) is 11.9 Å². The first-order valence-corrected chi connectivity index (χ1v) is 9.14. The third kappa shape index (κ3) is 6.60. The first-order chi connectivity index (χ1) is 13.0. The second-order valence-electron chi connectivity index (χ2n) is 6.45. The molecule has 2 unspecified atom stereocenters. The molecule has 0 aliphatic rings. The number of rotatable bonds is 9. The summed E-state index contributed by atoms with van der Waals surface area (Å²) < 4.78 is 24.9. The Morgan fingerprint density at radius 3 is 2.63 bits per heavy atom. The summed E-state index contributed by atoms with van der Waals surface area (Å²) in [6.45, 7) is 5.66. The van der Waals surface area contributed by atoms with E-state index >= 15 is 0 Å². The van der Waals surface area contributed by atoms with E-state index < -0.39 is 0 Å². The van der Waals surface area contributed by atoms with Crippen molar-refractivity contribution in [1.82, 2.24) is 15.5 Å². The molecule has 0 saturated carbocycles. The molecule has 1 aromatic carbocycles. The van der Waals surface area contributed by atoms with Crippen molar-refractivity contribution in [2.75, 3.05) is 33.7 Å². The Bertz CT molecular complexity index is 704. The van der Waals surface area contributed by atoms with Crippen LogP contribution in [-0.2, 0) is 0 Å². The molecule has 2 atom stereocenters. The second-order valence-corrected chi connectivity index (χ2v) is 6.45. The van der Waals surface area contributed by atoms with Crippen LogP contribution in [0.4, 0.5) is 4.39 Å². The van der Waals surface area contributed by atoms with Crippen LogP contribution in [0.2, 0.25) is 0 Å². The molecule has 0 bridgehead atoms. The number of likely N-dealkylation sites (N-methyl/N-ethyl adjacent to an activating group) is 1. The highest BCUT2D eigenvalue weighted by Crippen LogP contribution is 2.19. The quantitative estimate of drug-likeness (QED) is 0.520. The molecule has 7 heteroatoms. The summed E-state index contributed by atoms with van der Waals surface area (Å²) in [7, 11) is 3.99. The fourth-order valence-corrected chi connectivity index (χ4v) is 2.55. The molecule has 1 aromatic heterocycles. The third-order valence-electron chi connectivity index (χ3n) is 3.98. The SMILES string of the molecule is CCNC(=NCC(c1ccco1)N(C)C)NCC(C)Oc1ccccc1F. The minimum absolute atomic E-state index is 0.0440. The zero-order valence-corrected chi connectivity index (χ0v) is 16.4. The van der Waals surface area contributed by atoms with Crippen LogP contribution in [0.5, 0.6) is 5.75 Å². The maximum Gasteiger partial charge on any atom is 0.191 e. The number of ether oxygens (including phenoxy) is 1. The zero-order valence-electron chi connectivity index (χ0n) is 16.4. The number of hydrogen-bond acceptors (Lipinski definition) is 4. The van der Waals surface area contributed by atoms with Crippen molar-refractivity contribution >= 4 is 5.96 Å². The molecule has 0 amide bonds. The Hall–Kier alpha value is -2.54. The Kier molecular flexibility index (Phi) is 8.13. The molecule has 6 nitrogen and oxygen atoms in total. The van der Waals surface area contributed by atoms with Crippen LogP contribution in [0.15, 0.2) is 52.1 Å². The zero-order chi connectivity index (χ0) is 19.6. The lowest BCUT2D eigenvalue weighted by Crippen LogP contribution is -2.42. The second kappa shape index (κ2) is 10.6. The van der Waals surface area contributed by atoms with Crippen molar-refractivity contribution in [3.8, 4) is 5.75 Å². The number of para-hydroxylation sites is 1. The topological polar surface area (TPSA) is 62.0 Å². The van der Waals surface area contributed by atoms with Crippen molar-refractivity contribution in [2.24, 2.45) is 4.99 Å². The van der Waals surface area contributed by atoms with Crippen molar-refractivity contribution in [3.63, 3.8) is 0 Å². The number of aliphatic imine (C=N–C) groups is 1. The fourth-order valence-electron chi connectivity index (χ4n) is 2.55. The largest absolute Gasteiger partial charge is 0.486 e. The Morgan fingerprint density at radius 2 is 2.00 bits per heavy atom. The van der Waals surface area contributed by atoms with Gasteiger partial charge in [-0.15, -0.1) is 0 Å². The maximum absolute atomic E-state index is 13.7. The highest BCUT2D eigenvalue weighted by atomic mass is 19.1. The smallest absolute Gasteiger partial charge is 0.191 e. The Morgan fingerprint density at radius 1 is 1.22 bits per heavy atom. The summed E-state index contributed by atoms with van der Waals surface area (Å²) in [4.78, 5) is 6.72. The molecule has 0 saturated heterocycles. The lowest BCUT2D eigenvalue weighted by molar-refractivity contribution is 0.214. The summed E-state index contributed by atoms with van der Waals surface area (Å²) in [5, 5.41) is 6.45. The van der Waals surface area contributed by atoms with E-state index in [0.717, 1.165) is 12.3 Å². The van der Waals surface area contributed by atoms with E-state index in [0.29, 0.717) is 19.0 Å². The number of nitrogens with one attached hydrogen (secondary N) is 2. The van der Waals surface area contributed by atoms with Gasteiger partial charge in [0, 0.05) is 6.54 Å². The molecule has 148 valence electrons. The van der Waals surface area contributed by atoms with Gasteiger partial charge in [-0.1, -0.05) is 12.1 Å². The summed E-state index contributed by atoms with van der Waals surface area (Å²) in [5.74, 6) is 1.44. The standard InChI is InChI=1S/C20H29FN4O2/c1-5-22-20(24-14-17(25(3)4)19-11-8-12-26-19)23-13-15(2)27-18-10-7-6-9-16(18)21/h6-12,15,17H,5,13-14H2,1-4H3,(H2,22,23,24). The van der Waals surface area contributed by atoms with Crippen molar-refractivity contribution in [1.29, 1.82) is 0 Å². The van der Waals surface area contributed by atoms with Gasteiger partial charge in [0.15, 0.2) is 17.5 Å². The summed E-state index contributed by atoms with van der Waals surface area (Å²) in [6, 6.07) is 10.3. The van der Waals surface area contributed by atoms with E-state index in [4.69, 9.17) is 9.15 Å². The maximum atomic E-state index is 13.7. The van der Waals surface area contributed by atoms with E-state index in [1.807, 2.05) is 40.1 Å². The van der Waals surface area contributed by atoms with Gasteiger partial charge in [-0.05, 0) is 52.2 Å². The van der Waals surface area contributed by atoms with E-state index in [1.54, 1.807) is 24.5 Å². The van der Waals surface area contributed by atoms with Crippen LogP contribution in [-0.4, -0.2) is 50.7 Å². The molecule has 27 heavy (non-hydrogen) atoms. The highest BCUT2D eigenvalue weighted by molar-refractivity contribution is 5.79. The highest BCUT2D eigenvalue weighted by Gasteiger charge is 2.17. The van der Waals surface area contributed by atoms with E-state index in [2.05, 4.69) is 20.5 Å². The molecular formula is C20H29FN4O2. The first-order valence-electron chi connectivity index (χ1n) is 9.14. The van der Waals surface area contributed by atoms with E-state index in [9.17, 15) is 4.39 Å². The predicted molar refractivity (Wildman–Crippen MR) is 106 cm³/mol. The number of halogens is 1. The number of benzene rings is 1. The first kappa shape index (κ1) is 20.8. The van der Waals surface area contributed by atoms with Crippen LogP contribution in [0.25, 0.3) is 0 Å². The van der Waals surface area contributed by atoms with Crippen LogP contribution in [0.3, 0.4) is 0 Å². The molecule has 0 fully saturated rings. The fraction of sp³-hybridized carbons (Fsp3) is 0.450. The predicted octanol–water partition coefficient (Wildman–Crippen LogP) is 3.04. The molecule has 2 rings (SSSR count). The van der Waals surface area contributed by atoms with Gasteiger partial charge in [0.25, 0.3) is 0 Å². The van der Waals surface area contributed by atoms with E-state index in [1.165, 1.54) is 6.07 Å². The van der Waals surface area contributed by atoms with Crippen LogP contribution in [0, 0.1) is 5.82 Å². The van der Waals surface area contributed by atoms with Gasteiger partial charge in [-0.3, -0.25) is 9.89 Å². The van der Waals surface area contributed by atoms with Crippen LogP contribution < -0.4 is 15.4 Å². The minimum Gasteiger partial charge on any atom is -0.486 e. The Balaban J connectivity index is 1.93. The molecular weight excluding hydrogens is 347 g/mol. The third-order valence-corrected chi connectivity index (χ3v) is 3.98. The molecule has 0 radical (unpaired) electrons. The molecule has 0 aliphatic carbocycles. The van der Waals surface area contributed by atoms with Crippen molar-refractivity contribution < 1.29 is 13.5 Å². The minimum atomic E-state index is -0.364. The van der Waals surface area contributed by atoms with E-state index in [-0.39, 0.29) is 23.7 Å². The molecule has 0 spiro atoms. The summed E-state index contributed by atoms with van der Waals surface area (Å²) >= 11 is 0. The Labute approximate surface area is 160 Å². The number of furan rings is 1. The lowest BCUT2D eigenvalue weighted by Gasteiger charge is -2.22. The summed E-state index contributed by atoms with van der Waals surface area (Å²) in [6.07, 6.45) is 1.45. The van der Waals surface area contributed by atoms with Gasteiger partial charge in [-0.25, -0.2) is 4.39 Å². The normalized spacial score (nSPS) is 14.1. The van der Waals surface area contributed by atoms with Crippen LogP contribution in [0.1, 0.15) is 25.6 Å². The average Bonchev–Trinajstić information content (AvgIpc) is 3.15. The van der Waals surface area contributed by atoms with Crippen LogP contribution >= 0.6 is 0 Å². The van der Waals surface area contributed by atoms with Gasteiger partial charge in [0.2, 0.25) is 0 Å². The number of guanidine groups is 1. The molecule has 1 heterocycles. The molecule has 2 N–H and O–H groups in total. The van der Waals surface area contributed by atoms with Crippen molar-refractivity contribution in [2.45, 2.75) is 26.0 Å². The summed E-state index contributed by atoms with van der Waals surface area (Å²) in [5.41, 5.74) is 0. The van der Waals surface area contributed by atoms with Gasteiger partial charge in [-0.2, -0.15) is 0 Å².